The van der Waals surface area contributed by atoms with E-state index in [1.54, 1.807) is 12.3 Å². The van der Waals surface area contributed by atoms with Gasteiger partial charge in [-0.1, -0.05) is 0 Å². The van der Waals surface area contributed by atoms with Gasteiger partial charge in [0.2, 0.25) is 5.91 Å². The zero-order valence-corrected chi connectivity index (χ0v) is 14.8. The van der Waals surface area contributed by atoms with Crippen LogP contribution in [0.3, 0.4) is 0 Å². The lowest BCUT2D eigenvalue weighted by atomic mass is 10.0. The van der Waals surface area contributed by atoms with Crippen molar-refractivity contribution in [3.8, 4) is 0 Å². The van der Waals surface area contributed by atoms with Crippen LogP contribution in [-0.2, 0) is 9.53 Å². The first kappa shape index (κ1) is 19.3. The number of nitrogens with one attached hydrogen (secondary N) is 4. The molecule has 0 aliphatic carbocycles. The molecular weight excluding hydrogens is 346 g/mol. The van der Waals surface area contributed by atoms with E-state index in [1.807, 2.05) is 0 Å². The quantitative estimate of drug-likeness (QED) is 0.478. The molecule has 1 aromatic heterocycles. The molecule has 1 aliphatic heterocycles. The molecule has 138 valence electrons. The molecule has 2 rings (SSSR count). The smallest absolute Gasteiger partial charge is 0.414 e. The highest BCUT2D eigenvalue weighted by Crippen LogP contribution is 2.24. The van der Waals surface area contributed by atoms with Crippen LogP contribution in [0.2, 0.25) is 0 Å². The van der Waals surface area contributed by atoms with Crippen LogP contribution in [0.25, 0.3) is 0 Å². The fraction of sp³-hybridized carbons (Fsp3) is 0.533. The van der Waals surface area contributed by atoms with Gasteiger partial charge in [0.15, 0.2) is 0 Å². The molecule has 2 heterocycles. The summed E-state index contributed by atoms with van der Waals surface area (Å²) in [6.45, 7) is 3.58. The summed E-state index contributed by atoms with van der Waals surface area (Å²) in [6.07, 6.45) is -0.0552. The number of thiophene rings is 1. The van der Waals surface area contributed by atoms with E-state index in [2.05, 4.69) is 26.0 Å². The molecule has 25 heavy (non-hydrogen) atoms. The van der Waals surface area contributed by atoms with Gasteiger partial charge in [-0.3, -0.25) is 14.9 Å². The maximum Gasteiger partial charge on any atom is 0.414 e. The second-order valence-electron chi connectivity index (χ2n) is 5.41. The fourth-order valence-corrected chi connectivity index (χ4v) is 3.26. The SMILES string of the molecule is CCOC(=O)NC(=O)c1ccsc1NC(=O)C(CN)C1NCCCN1. The van der Waals surface area contributed by atoms with Crippen molar-refractivity contribution < 1.29 is 19.1 Å². The summed E-state index contributed by atoms with van der Waals surface area (Å²) in [5.41, 5.74) is 5.95. The Morgan fingerprint density at radius 3 is 2.76 bits per heavy atom. The van der Waals surface area contributed by atoms with Crippen LogP contribution in [0, 0.1) is 5.92 Å². The van der Waals surface area contributed by atoms with Crippen molar-refractivity contribution in [2.24, 2.45) is 11.7 Å². The predicted octanol–water partition coefficient (Wildman–Crippen LogP) is 0.0568. The molecule has 1 aromatic rings. The molecule has 3 amide bonds. The lowest BCUT2D eigenvalue weighted by Crippen LogP contribution is -2.57. The van der Waals surface area contributed by atoms with Gasteiger partial charge in [-0.15, -0.1) is 11.3 Å². The number of carbonyl (C=O) groups excluding carboxylic acids is 3. The Bertz CT molecular complexity index is 615. The Morgan fingerprint density at radius 1 is 1.40 bits per heavy atom. The number of ether oxygens (including phenoxy) is 1. The Hall–Kier alpha value is -2.01. The van der Waals surface area contributed by atoms with Crippen molar-refractivity contribution >= 4 is 34.2 Å². The third-order valence-electron chi connectivity index (χ3n) is 3.71. The summed E-state index contributed by atoms with van der Waals surface area (Å²) < 4.78 is 4.68. The Morgan fingerprint density at radius 2 is 2.12 bits per heavy atom. The molecule has 0 aromatic carbocycles. The van der Waals surface area contributed by atoms with Crippen LogP contribution in [0.4, 0.5) is 9.80 Å². The number of alkyl carbamates (subject to hydrolysis) is 1. The van der Waals surface area contributed by atoms with E-state index >= 15 is 0 Å². The number of hydrogen-bond donors (Lipinski definition) is 5. The van der Waals surface area contributed by atoms with Gasteiger partial charge in [0.05, 0.1) is 24.3 Å². The average molecular weight is 369 g/mol. The highest BCUT2D eigenvalue weighted by Gasteiger charge is 2.29. The minimum absolute atomic E-state index is 0.159. The molecule has 6 N–H and O–H groups in total. The van der Waals surface area contributed by atoms with Crippen LogP contribution >= 0.6 is 11.3 Å². The molecule has 9 nitrogen and oxygen atoms in total. The molecule has 1 unspecified atom stereocenters. The minimum Gasteiger partial charge on any atom is -0.450 e. The topological polar surface area (TPSA) is 135 Å². The minimum atomic E-state index is -0.827. The number of rotatable bonds is 6. The number of imide groups is 1. The highest BCUT2D eigenvalue weighted by molar-refractivity contribution is 7.14. The van der Waals surface area contributed by atoms with Gasteiger partial charge < -0.3 is 26.4 Å². The summed E-state index contributed by atoms with van der Waals surface area (Å²) in [6, 6.07) is 1.53. The van der Waals surface area contributed by atoms with Gasteiger partial charge in [-0.05, 0) is 37.9 Å². The molecule has 1 saturated heterocycles. The number of amides is 3. The molecule has 1 fully saturated rings. The maximum absolute atomic E-state index is 12.6. The highest BCUT2D eigenvalue weighted by atomic mass is 32.1. The van der Waals surface area contributed by atoms with Gasteiger partial charge in [-0.25, -0.2) is 4.79 Å². The van der Waals surface area contributed by atoms with E-state index in [0.29, 0.717) is 5.00 Å². The lowest BCUT2D eigenvalue weighted by molar-refractivity contribution is -0.120. The van der Waals surface area contributed by atoms with Crippen molar-refractivity contribution in [3.05, 3.63) is 17.0 Å². The molecule has 0 bridgehead atoms. The van der Waals surface area contributed by atoms with Gasteiger partial charge in [0, 0.05) is 6.54 Å². The Labute approximate surface area is 149 Å². The van der Waals surface area contributed by atoms with E-state index < -0.39 is 17.9 Å². The zero-order chi connectivity index (χ0) is 18.2. The summed E-state index contributed by atoms with van der Waals surface area (Å²) in [5.74, 6) is -1.40. The van der Waals surface area contributed by atoms with E-state index in [9.17, 15) is 14.4 Å². The normalized spacial score (nSPS) is 16.1. The van der Waals surface area contributed by atoms with E-state index in [4.69, 9.17) is 5.73 Å². The second kappa shape index (κ2) is 9.47. The van der Waals surface area contributed by atoms with E-state index in [-0.39, 0.29) is 30.8 Å². The van der Waals surface area contributed by atoms with Crippen molar-refractivity contribution in [1.82, 2.24) is 16.0 Å². The van der Waals surface area contributed by atoms with Crippen molar-refractivity contribution in [1.29, 1.82) is 0 Å². The predicted molar refractivity (Wildman–Crippen MR) is 94.4 cm³/mol. The van der Waals surface area contributed by atoms with Crippen molar-refractivity contribution in [2.75, 3.05) is 31.6 Å². The standard InChI is InChI=1S/C15H23N5O4S/c1-2-24-15(23)20-12(21)9-4-7-25-14(9)19-13(22)10(8-16)11-17-5-3-6-18-11/h4,7,10-11,17-18H,2-3,5-6,8,16H2,1H3,(H,19,22)(H,20,21,23). The monoisotopic (exact) mass is 369 g/mol. The third-order valence-corrected chi connectivity index (χ3v) is 4.54. The molecule has 1 aliphatic rings. The first-order valence-electron chi connectivity index (χ1n) is 8.10. The molecule has 10 heteroatoms. The van der Waals surface area contributed by atoms with Crippen LogP contribution in [0.1, 0.15) is 23.7 Å². The number of nitrogens with two attached hydrogens (primary N) is 1. The number of carbonyl (C=O) groups is 3. The molecule has 0 saturated carbocycles. The summed E-state index contributed by atoms with van der Waals surface area (Å²) >= 11 is 1.19. The average Bonchev–Trinajstić information content (AvgIpc) is 3.05. The van der Waals surface area contributed by atoms with Crippen molar-refractivity contribution in [2.45, 2.75) is 19.5 Å². The van der Waals surface area contributed by atoms with Gasteiger partial charge in [-0.2, -0.15) is 0 Å². The van der Waals surface area contributed by atoms with Gasteiger partial charge >= 0.3 is 6.09 Å². The molecule has 1 atom stereocenters. The largest absolute Gasteiger partial charge is 0.450 e. The number of anilines is 1. The lowest BCUT2D eigenvalue weighted by Gasteiger charge is -2.30. The summed E-state index contributed by atoms with van der Waals surface area (Å²) in [7, 11) is 0. The molecule has 0 spiro atoms. The van der Waals surface area contributed by atoms with Gasteiger partial charge in [0.1, 0.15) is 5.00 Å². The zero-order valence-electron chi connectivity index (χ0n) is 14.0. The fourth-order valence-electron chi connectivity index (χ4n) is 2.47. The maximum atomic E-state index is 12.6. The first-order valence-corrected chi connectivity index (χ1v) is 8.98. The van der Waals surface area contributed by atoms with Crippen LogP contribution in [-0.4, -0.2) is 50.3 Å². The van der Waals surface area contributed by atoms with Crippen LogP contribution < -0.4 is 27.0 Å². The van der Waals surface area contributed by atoms with Crippen LogP contribution in [0.15, 0.2) is 11.4 Å². The van der Waals surface area contributed by atoms with Crippen molar-refractivity contribution in [3.63, 3.8) is 0 Å². The Kier molecular flexibility index (Phi) is 7.31. The third kappa shape index (κ3) is 5.23. The number of hydrogen-bond acceptors (Lipinski definition) is 8. The van der Waals surface area contributed by atoms with Crippen LogP contribution in [0.5, 0.6) is 0 Å². The van der Waals surface area contributed by atoms with E-state index in [1.165, 1.54) is 17.4 Å². The molecule has 0 radical (unpaired) electrons. The molecular formula is C15H23N5O4S. The Balaban J connectivity index is 2.02. The first-order chi connectivity index (χ1) is 12.1. The van der Waals surface area contributed by atoms with E-state index in [0.717, 1.165) is 19.5 Å². The summed E-state index contributed by atoms with van der Waals surface area (Å²) in [5, 5.41) is 13.3. The summed E-state index contributed by atoms with van der Waals surface area (Å²) in [4.78, 5) is 36.1. The van der Waals surface area contributed by atoms with Gasteiger partial charge in [0.25, 0.3) is 5.91 Å². The second-order valence-corrected chi connectivity index (χ2v) is 6.33.